The molecule has 2 heterocycles. The summed E-state index contributed by atoms with van der Waals surface area (Å²) in [6.45, 7) is 2.18. The van der Waals surface area contributed by atoms with Crippen molar-refractivity contribution in [1.82, 2.24) is 14.8 Å². The topological polar surface area (TPSA) is 54.3 Å². The number of nitrogens with zero attached hydrogens (tertiary/aromatic N) is 2. The van der Waals surface area contributed by atoms with Crippen molar-refractivity contribution >= 4 is 22.7 Å². The minimum Gasteiger partial charge on any atom is -0.356 e. The van der Waals surface area contributed by atoms with Crippen LogP contribution >= 0.6 is 0 Å². The summed E-state index contributed by atoms with van der Waals surface area (Å²) in [6, 6.07) is 10.9. The lowest BCUT2D eigenvalue weighted by Crippen LogP contribution is -2.50. The number of hydrogen-bond acceptors (Lipinski definition) is 2. The van der Waals surface area contributed by atoms with Crippen LogP contribution < -0.4 is 5.32 Å². The van der Waals surface area contributed by atoms with Gasteiger partial charge in [-0.3, -0.25) is 9.59 Å². The van der Waals surface area contributed by atoms with Crippen LogP contribution in [-0.4, -0.2) is 40.4 Å². The number of para-hydroxylation sites is 1. The van der Waals surface area contributed by atoms with Crippen LogP contribution in [0.4, 0.5) is 0 Å². The summed E-state index contributed by atoms with van der Waals surface area (Å²) in [5.74, 6) is 0.317. The van der Waals surface area contributed by atoms with Gasteiger partial charge in [-0.2, -0.15) is 0 Å². The summed E-state index contributed by atoms with van der Waals surface area (Å²) in [5.41, 5.74) is 1.24. The Kier molecular flexibility index (Phi) is 6.53. The Hall–Kier alpha value is -2.30. The summed E-state index contributed by atoms with van der Waals surface area (Å²) in [7, 11) is 0. The van der Waals surface area contributed by atoms with Gasteiger partial charge in [-0.25, -0.2) is 0 Å². The highest BCUT2D eigenvalue weighted by Crippen LogP contribution is 2.27. The van der Waals surface area contributed by atoms with Crippen LogP contribution in [0.15, 0.2) is 36.5 Å². The molecule has 1 aliphatic carbocycles. The van der Waals surface area contributed by atoms with Gasteiger partial charge in [-0.05, 0) is 43.2 Å². The maximum absolute atomic E-state index is 12.7. The van der Waals surface area contributed by atoms with E-state index in [4.69, 9.17) is 0 Å². The van der Waals surface area contributed by atoms with Crippen molar-refractivity contribution in [3.05, 3.63) is 36.5 Å². The fraction of sp³-hybridized carbons (Fsp3) is 0.583. The van der Waals surface area contributed by atoms with Crippen molar-refractivity contribution in [3.63, 3.8) is 0 Å². The molecule has 4 rings (SSSR count). The van der Waals surface area contributed by atoms with Gasteiger partial charge < -0.3 is 14.8 Å². The maximum atomic E-state index is 12.7. The van der Waals surface area contributed by atoms with E-state index >= 15 is 0 Å². The molecule has 0 spiro atoms. The molecule has 1 saturated heterocycles. The van der Waals surface area contributed by atoms with Crippen LogP contribution in [0.2, 0.25) is 0 Å². The van der Waals surface area contributed by atoms with Gasteiger partial charge in [0.05, 0.1) is 5.92 Å². The third kappa shape index (κ3) is 4.82. The Morgan fingerprint density at radius 1 is 1.03 bits per heavy atom. The molecule has 2 amide bonds. The molecular weight excluding hydrogens is 362 g/mol. The minimum atomic E-state index is -0.0524. The smallest absolute Gasteiger partial charge is 0.224 e. The first-order valence-electron chi connectivity index (χ1n) is 11.3. The van der Waals surface area contributed by atoms with Crippen LogP contribution in [0.25, 0.3) is 10.9 Å². The average molecular weight is 396 g/mol. The van der Waals surface area contributed by atoms with Crippen molar-refractivity contribution in [1.29, 1.82) is 0 Å². The molecule has 29 heavy (non-hydrogen) atoms. The van der Waals surface area contributed by atoms with Gasteiger partial charge in [0, 0.05) is 43.8 Å². The Labute approximate surface area is 173 Å². The molecule has 1 N–H and O–H groups in total. The minimum absolute atomic E-state index is 0.0524. The van der Waals surface area contributed by atoms with E-state index in [-0.39, 0.29) is 17.7 Å². The van der Waals surface area contributed by atoms with Crippen molar-refractivity contribution in [2.45, 2.75) is 70.4 Å². The normalized spacial score (nSPS) is 21.3. The molecular formula is C24H33N3O2. The number of nitrogens with one attached hydrogen (secondary N) is 1. The summed E-state index contributed by atoms with van der Waals surface area (Å²) in [6.07, 6.45) is 11.4. The average Bonchev–Trinajstić information content (AvgIpc) is 2.95. The summed E-state index contributed by atoms with van der Waals surface area (Å²) in [4.78, 5) is 27.2. The number of amides is 2. The number of likely N-dealkylation sites (tertiary alicyclic amines) is 1. The number of hydrogen-bond donors (Lipinski definition) is 1. The first-order valence-corrected chi connectivity index (χ1v) is 11.3. The lowest BCUT2D eigenvalue weighted by atomic mass is 9.93. The number of aryl methyl sites for hydroxylation is 1. The highest BCUT2D eigenvalue weighted by Gasteiger charge is 2.34. The van der Waals surface area contributed by atoms with Crippen LogP contribution in [-0.2, 0) is 16.1 Å². The van der Waals surface area contributed by atoms with Gasteiger partial charge in [0.25, 0.3) is 0 Å². The van der Waals surface area contributed by atoms with E-state index in [0.29, 0.717) is 32.0 Å². The van der Waals surface area contributed by atoms with Gasteiger partial charge in [0.2, 0.25) is 11.8 Å². The molecule has 2 aromatic rings. The molecule has 2 fully saturated rings. The van der Waals surface area contributed by atoms with Crippen molar-refractivity contribution in [2.24, 2.45) is 5.92 Å². The number of rotatable bonds is 6. The third-order valence-corrected chi connectivity index (χ3v) is 6.64. The van der Waals surface area contributed by atoms with Crippen LogP contribution in [0.5, 0.6) is 0 Å². The monoisotopic (exact) mass is 395 g/mol. The second kappa shape index (κ2) is 9.47. The molecule has 156 valence electrons. The fourth-order valence-electron chi connectivity index (χ4n) is 4.95. The predicted octanol–water partition coefficient (Wildman–Crippen LogP) is 4.11. The number of carbonyl (C=O) groups excluding carboxylic acids is 2. The molecule has 1 aromatic carbocycles. The highest BCUT2D eigenvalue weighted by atomic mass is 16.2. The first-order chi connectivity index (χ1) is 14.2. The Balaban J connectivity index is 1.25. The van der Waals surface area contributed by atoms with Gasteiger partial charge in [-0.15, -0.1) is 0 Å². The molecule has 2 aliphatic rings. The summed E-state index contributed by atoms with van der Waals surface area (Å²) < 4.78 is 2.24. The molecule has 1 aliphatic heterocycles. The van der Waals surface area contributed by atoms with Gasteiger partial charge in [-0.1, -0.05) is 43.9 Å². The molecule has 1 unspecified atom stereocenters. The zero-order chi connectivity index (χ0) is 20.1. The number of benzene rings is 1. The molecule has 1 atom stereocenters. The largest absolute Gasteiger partial charge is 0.356 e. The van der Waals surface area contributed by atoms with E-state index < -0.39 is 0 Å². The van der Waals surface area contributed by atoms with E-state index in [1.807, 2.05) is 4.90 Å². The molecule has 0 radical (unpaired) electrons. The van der Waals surface area contributed by atoms with Gasteiger partial charge >= 0.3 is 0 Å². The van der Waals surface area contributed by atoms with Gasteiger partial charge in [0.1, 0.15) is 0 Å². The molecule has 1 aromatic heterocycles. The highest BCUT2D eigenvalue weighted by molar-refractivity contribution is 5.84. The zero-order valence-corrected chi connectivity index (χ0v) is 17.3. The quantitative estimate of drug-likeness (QED) is 0.591. The van der Waals surface area contributed by atoms with Crippen molar-refractivity contribution in [3.8, 4) is 0 Å². The SMILES string of the molecule is O=C(NCCCn1ccc2ccccc21)C1CCC(=O)N(C2CCCCCC2)C1. The predicted molar refractivity (Wildman–Crippen MR) is 115 cm³/mol. The van der Waals surface area contributed by atoms with Crippen molar-refractivity contribution in [2.75, 3.05) is 13.1 Å². The van der Waals surface area contributed by atoms with Crippen LogP contribution in [0.3, 0.4) is 0 Å². The summed E-state index contributed by atoms with van der Waals surface area (Å²) >= 11 is 0. The Bertz CT molecular complexity index is 836. The van der Waals surface area contributed by atoms with Crippen LogP contribution in [0, 0.1) is 5.92 Å². The van der Waals surface area contributed by atoms with Gasteiger partial charge in [0.15, 0.2) is 0 Å². The lowest BCUT2D eigenvalue weighted by molar-refractivity contribution is -0.141. The zero-order valence-electron chi connectivity index (χ0n) is 17.3. The van der Waals surface area contributed by atoms with E-state index in [2.05, 4.69) is 46.4 Å². The van der Waals surface area contributed by atoms with Crippen molar-refractivity contribution < 1.29 is 9.59 Å². The van der Waals surface area contributed by atoms with E-state index in [1.165, 1.54) is 36.6 Å². The molecule has 5 nitrogen and oxygen atoms in total. The van der Waals surface area contributed by atoms with E-state index in [0.717, 1.165) is 25.8 Å². The lowest BCUT2D eigenvalue weighted by Gasteiger charge is -2.37. The first kappa shape index (κ1) is 20.0. The number of piperidine rings is 1. The van der Waals surface area contributed by atoms with E-state index in [9.17, 15) is 9.59 Å². The van der Waals surface area contributed by atoms with E-state index in [1.54, 1.807) is 0 Å². The Morgan fingerprint density at radius 3 is 2.66 bits per heavy atom. The number of fused-ring (bicyclic) bond motifs is 1. The fourth-order valence-corrected chi connectivity index (χ4v) is 4.95. The standard InChI is InChI=1S/C24H33N3O2/c28-23-13-12-20(18-27(23)21-9-3-1-2-4-10-21)24(29)25-15-7-16-26-17-14-19-8-5-6-11-22(19)26/h5-6,8,11,14,17,20-21H,1-4,7,9-10,12-13,15-16,18H2,(H,25,29). The second-order valence-electron chi connectivity index (χ2n) is 8.64. The maximum Gasteiger partial charge on any atom is 0.224 e. The number of aromatic nitrogens is 1. The summed E-state index contributed by atoms with van der Waals surface area (Å²) in [5, 5.41) is 4.38. The second-order valence-corrected chi connectivity index (χ2v) is 8.64. The number of carbonyl (C=O) groups is 2. The molecule has 0 bridgehead atoms. The Morgan fingerprint density at radius 2 is 1.83 bits per heavy atom. The third-order valence-electron chi connectivity index (χ3n) is 6.64. The molecule has 1 saturated carbocycles. The molecule has 5 heteroatoms. The van der Waals surface area contributed by atoms with Crippen LogP contribution in [0.1, 0.15) is 57.8 Å².